The zero-order valence-corrected chi connectivity index (χ0v) is 21.6. The lowest BCUT2D eigenvalue weighted by molar-refractivity contribution is -0.140. The average Bonchev–Trinajstić information content (AvgIpc) is 2.93. The molecule has 2 aromatic rings. The molecule has 4 rings (SSSR count). The van der Waals surface area contributed by atoms with Gasteiger partial charge in [0.25, 0.3) is 0 Å². The average molecular weight is 517 g/mol. The number of allylic oxidation sites excluding steroid dienone is 3. The minimum Gasteiger partial charge on any atom is -0.469 e. The van der Waals surface area contributed by atoms with Crippen molar-refractivity contribution < 1.29 is 23.5 Å². The number of ketones is 1. The molecule has 0 radical (unpaired) electrons. The molecule has 1 unspecified atom stereocenters. The van der Waals surface area contributed by atoms with E-state index >= 15 is 0 Å². The van der Waals surface area contributed by atoms with Crippen molar-refractivity contribution in [3.8, 4) is 0 Å². The number of benzene rings is 2. The zero-order chi connectivity index (χ0) is 26.9. The highest BCUT2D eigenvalue weighted by atomic mass is 19.1. The molecule has 2 atom stereocenters. The number of hydrogen-bond acceptors (Lipinski definition) is 5. The maximum Gasteiger partial charge on any atom is 0.305 e. The second kappa shape index (κ2) is 13.0. The summed E-state index contributed by atoms with van der Waals surface area (Å²) in [4.78, 5) is 40.0. The van der Waals surface area contributed by atoms with E-state index in [-0.39, 0.29) is 29.5 Å². The van der Waals surface area contributed by atoms with E-state index in [1.807, 2.05) is 36.6 Å². The Bertz CT molecular complexity index is 1230. The molecule has 198 valence electrons. The van der Waals surface area contributed by atoms with Crippen molar-refractivity contribution in [2.24, 2.45) is 5.92 Å². The highest BCUT2D eigenvalue weighted by Gasteiger charge is 2.34. The van der Waals surface area contributed by atoms with Gasteiger partial charge in [0.15, 0.2) is 5.78 Å². The Morgan fingerprint density at radius 2 is 1.79 bits per heavy atom. The first-order valence-corrected chi connectivity index (χ1v) is 13.0. The van der Waals surface area contributed by atoms with Crippen molar-refractivity contribution in [3.05, 3.63) is 107 Å². The molecular weight excluding hydrogens is 483 g/mol. The number of fused-ring (bicyclic) bond motifs is 1. The van der Waals surface area contributed by atoms with Crippen molar-refractivity contribution >= 4 is 17.7 Å². The van der Waals surface area contributed by atoms with Crippen LogP contribution in [-0.2, 0) is 32.1 Å². The van der Waals surface area contributed by atoms with Gasteiger partial charge in [-0.25, -0.2) is 4.39 Å². The Balaban J connectivity index is 1.44. The third-order valence-corrected chi connectivity index (χ3v) is 6.89. The molecule has 0 saturated carbocycles. The summed E-state index contributed by atoms with van der Waals surface area (Å²) in [6.45, 7) is 1.04. The van der Waals surface area contributed by atoms with E-state index in [2.05, 4.69) is 22.3 Å². The van der Waals surface area contributed by atoms with E-state index < -0.39 is 5.92 Å². The van der Waals surface area contributed by atoms with Crippen molar-refractivity contribution in [2.45, 2.75) is 44.7 Å². The van der Waals surface area contributed by atoms with Crippen LogP contribution in [0.25, 0.3) is 0 Å². The number of unbranched alkanes of at least 4 members (excludes halogenated alkanes) is 1. The predicted molar refractivity (Wildman–Crippen MR) is 143 cm³/mol. The number of rotatable bonds is 11. The number of hydrogen-bond donors (Lipinski definition) is 1. The van der Waals surface area contributed by atoms with Crippen molar-refractivity contribution in [2.75, 3.05) is 13.7 Å². The Labute approximate surface area is 222 Å². The van der Waals surface area contributed by atoms with Crippen LogP contribution >= 0.6 is 0 Å². The number of carbonyl (C=O) groups is 3. The minimum atomic E-state index is -0.882. The standard InChI is InChI=1S/C31H33FN2O4/c1-38-29(35)10-6-5-9-26-19-28-24(21-34(26)20-23-7-3-2-4-8-23)13-16-27(30(28)36)31(37)33-18-17-22-11-14-25(32)15-12-22/h2-4,7-8,11-16,19,21,26-27H,5-6,9-10,17-18,20H2,1H3,(H,33,37)/t26-,27?/m1/s1. The first-order valence-electron chi connectivity index (χ1n) is 13.0. The fourth-order valence-electron chi connectivity index (χ4n) is 4.77. The van der Waals surface area contributed by atoms with Crippen molar-refractivity contribution in [3.63, 3.8) is 0 Å². The molecule has 1 amide bonds. The molecule has 38 heavy (non-hydrogen) atoms. The summed E-state index contributed by atoms with van der Waals surface area (Å²) in [6.07, 6.45) is 10.7. The number of ether oxygens (including phenoxy) is 1. The quantitative estimate of drug-likeness (QED) is 0.267. The molecular formula is C31H33FN2O4. The molecule has 0 saturated heterocycles. The normalized spacial score (nSPS) is 18.4. The third-order valence-electron chi connectivity index (χ3n) is 6.89. The van der Waals surface area contributed by atoms with Gasteiger partial charge >= 0.3 is 5.97 Å². The van der Waals surface area contributed by atoms with Gasteiger partial charge in [-0.15, -0.1) is 0 Å². The van der Waals surface area contributed by atoms with Crippen molar-refractivity contribution in [1.82, 2.24) is 10.2 Å². The number of nitrogens with one attached hydrogen (secondary N) is 1. The summed E-state index contributed by atoms with van der Waals surface area (Å²) in [5, 5.41) is 2.85. The van der Waals surface area contributed by atoms with Crippen LogP contribution in [-0.4, -0.2) is 42.3 Å². The molecule has 2 aliphatic rings. The van der Waals surface area contributed by atoms with E-state index in [0.29, 0.717) is 37.9 Å². The van der Waals surface area contributed by atoms with E-state index in [4.69, 9.17) is 4.74 Å². The second-order valence-electron chi connectivity index (χ2n) is 9.58. The topological polar surface area (TPSA) is 75.7 Å². The maximum absolute atomic E-state index is 13.4. The van der Waals surface area contributed by atoms with Gasteiger partial charge in [-0.1, -0.05) is 67.1 Å². The highest BCUT2D eigenvalue weighted by molar-refractivity contribution is 6.15. The van der Waals surface area contributed by atoms with Crippen LogP contribution in [0.2, 0.25) is 0 Å². The van der Waals surface area contributed by atoms with E-state index in [1.54, 1.807) is 18.2 Å². The largest absolute Gasteiger partial charge is 0.469 e. The monoisotopic (exact) mass is 516 g/mol. The minimum absolute atomic E-state index is 0.0377. The van der Waals surface area contributed by atoms with Gasteiger partial charge in [0.2, 0.25) is 5.91 Å². The van der Waals surface area contributed by atoms with Crippen molar-refractivity contribution in [1.29, 1.82) is 0 Å². The number of amides is 1. The molecule has 1 aliphatic carbocycles. The highest BCUT2D eigenvalue weighted by Crippen LogP contribution is 2.32. The smallest absolute Gasteiger partial charge is 0.305 e. The molecule has 2 aromatic carbocycles. The number of carbonyl (C=O) groups excluding carboxylic acids is 3. The lowest BCUT2D eigenvalue weighted by atomic mass is 9.83. The lowest BCUT2D eigenvalue weighted by Crippen LogP contribution is -2.40. The summed E-state index contributed by atoms with van der Waals surface area (Å²) in [7, 11) is 1.39. The summed E-state index contributed by atoms with van der Waals surface area (Å²) < 4.78 is 17.9. The Morgan fingerprint density at radius 1 is 1.03 bits per heavy atom. The Kier molecular flexibility index (Phi) is 9.25. The van der Waals surface area contributed by atoms with Crippen LogP contribution in [0, 0.1) is 11.7 Å². The molecule has 0 spiro atoms. The van der Waals surface area contributed by atoms with Gasteiger partial charge in [-0.05, 0) is 42.5 Å². The molecule has 0 bridgehead atoms. The molecule has 7 heteroatoms. The maximum atomic E-state index is 13.4. The van der Waals surface area contributed by atoms with Gasteiger partial charge in [-0.2, -0.15) is 0 Å². The molecule has 1 aliphatic heterocycles. The Morgan fingerprint density at radius 3 is 2.53 bits per heavy atom. The summed E-state index contributed by atoms with van der Waals surface area (Å²) in [5.41, 5.74) is 3.43. The van der Waals surface area contributed by atoms with Crippen LogP contribution < -0.4 is 5.32 Å². The summed E-state index contributed by atoms with van der Waals surface area (Å²) in [6, 6.07) is 16.2. The molecule has 1 heterocycles. The molecule has 0 fully saturated rings. The Hall–Kier alpha value is -4.00. The zero-order valence-electron chi connectivity index (χ0n) is 21.6. The van der Waals surface area contributed by atoms with Gasteiger partial charge in [0.1, 0.15) is 11.7 Å². The van der Waals surface area contributed by atoms with E-state index in [9.17, 15) is 18.8 Å². The van der Waals surface area contributed by atoms with Gasteiger partial charge < -0.3 is 15.0 Å². The van der Waals surface area contributed by atoms with Crippen LogP contribution in [0.15, 0.2) is 90.2 Å². The van der Waals surface area contributed by atoms with Crippen LogP contribution in [0.1, 0.15) is 36.8 Å². The fourth-order valence-corrected chi connectivity index (χ4v) is 4.77. The number of halogens is 1. The van der Waals surface area contributed by atoms with Crippen LogP contribution in [0.4, 0.5) is 4.39 Å². The lowest BCUT2D eigenvalue weighted by Gasteiger charge is -2.35. The SMILES string of the molecule is COC(=O)CCCC[C@@H]1C=C2C(=O)C(C(=O)NCCc3ccc(F)cc3)C=CC2=CN1Cc1ccccc1. The van der Waals surface area contributed by atoms with Crippen LogP contribution in [0.3, 0.4) is 0 Å². The van der Waals surface area contributed by atoms with E-state index in [0.717, 1.165) is 29.5 Å². The first kappa shape index (κ1) is 27.0. The summed E-state index contributed by atoms with van der Waals surface area (Å²) >= 11 is 0. The second-order valence-corrected chi connectivity index (χ2v) is 9.58. The fraction of sp³-hybridized carbons (Fsp3) is 0.323. The number of methoxy groups -OCH3 is 1. The predicted octanol–water partition coefficient (Wildman–Crippen LogP) is 4.67. The first-order chi connectivity index (χ1) is 18.4. The number of nitrogens with zero attached hydrogens (tertiary/aromatic N) is 1. The van der Waals surface area contributed by atoms with Gasteiger partial charge in [-0.3, -0.25) is 14.4 Å². The molecule has 6 nitrogen and oxygen atoms in total. The van der Waals surface area contributed by atoms with Gasteiger partial charge in [0.05, 0.1) is 7.11 Å². The van der Waals surface area contributed by atoms with Crippen LogP contribution in [0.5, 0.6) is 0 Å². The van der Waals surface area contributed by atoms with Gasteiger partial charge in [0, 0.05) is 42.9 Å². The molecule has 1 N–H and O–H groups in total. The summed E-state index contributed by atoms with van der Waals surface area (Å²) in [5.74, 6) is -1.96. The number of esters is 1. The number of Topliss-reactive ketones (excluding diaryl/α,β-unsaturated/α-hetero) is 1. The van der Waals surface area contributed by atoms with E-state index in [1.165, 1.54) is 19.2 Å². The third kappa shape index (κ3) is 7.06. The molecule has 0 aromatic heterocycles.